The monoisotopic (exact) mass is 310 g/mol. The van der Waals surface area contributed by atoms with Gasteiger partial charge in [-0.3, -0.25) is 4.74 Å². The fourth-order valence-corrected chi connectivity index (χ4v) is 1.05. The molecule has 19 heavy (non-hydrogen) atoms. The molecule has 1 aliphatic heterocycles. The van der Waals surface area contributed by atoms with E-state index < -0.39 is 36.1 Å². The van der Waals surface area contributed by atoms with E-state index in [1.807, 2.05) is 0 Å². The Balaban J connectivity index is 3.48. The van der Waals surface area contributed by atoms with Crippen molar-refractivity contribution in [1.82, 2.24) is 0 Å². The first kappa shape index (κ1) is 15.8. The number of esters is 1. The van der Waals surface area contributed by atoms with Crippen LogP contribution < -0.4 is 0 Å². The summed E-state index contributed by atoms with van der Waals surface area (Å²) in [5.41, 5.74) is -6.19. The van der Waals surface area contributed by atoms with E-state index in [-0.39, 0.29) is 0 Å². The summed E-state index contributed by atoms with van der Waals surface area (Å²) in [5.74, 6) is -3.73. The van der Waals surface area contributed by atoms with Crippen LogP contribution in [-0.4, -0.2) is 36.1 Å². The number of cyclic esters (lactones) is 1. The Hall–Kier alpha value is -1.27. The number of alkyl halides is 10. The van der Waals surface area contributed by atoms with Crippen molar-refractivity contribution in [3.63, 3.8) is 0 Å². The molecule has 0 aromatic carbocycles. The molecule has 1 rings (SSSR count). The number of ether oxygens (including phenoxy) is 2. The van der Waals surface area contributed by atoms with E-state index in [0.29, 0.717) is 0 Å². The third-order valence-electron chi connectivity index (χ3n) is 1.93. The minimum Gasteiger partial charge on any atom is -0.391 e. The second-order valence-corrected chi connectivity index (χ2v) is 3.20. The van der Waals surface area contributed by atoms with E-state index in [4.69, 9.17) is 0 Å². The van der Waals surface area contributed by atoms with Crippen LogP contribution in [0.3, 0.4) is 0 Å². The molecule has 0 amide bonds. The summed E-state index contributed by atoms with van der Waals surface area (Å²) in [6, 6.07) is 0. The summed E-state index contributed by atoms with van der Waals surface area (Å²) in [4.78, 5) is 10.5. The van der Waals surface area contributed by atoms with Gasteiger partial charge >= 0.3 is 36.1 Å². The van der Waals surface area contributed by atoms with Crippen LogP contribution in [0.4, 0.5) is 43.9 Å². The maximum Gasteiger partial charge on any atom is 0.496 e. The smallest absolute Gasteiger partial charge is 0.391 e. The van der Waals surface area contributed by atoms with E-state index in [2.05, 4.69) is 9.47 Å². The fraction of sp³-hybridized carbons (Fsp3) is 0.833. The zero-order chi connectivity index (χ0) is 15.5. The first-order chi connectivity index (χ1) is 8.08. The zero-order valence-electron chi connectivity index (χ0n) is 8.00. The molecule has 0 unspecified atom stereocenters. The molecule has 0 aliphatic carbocycles. The highest BCUT2D eigenvalue weighted by molar-refractivity contribution is 5.83. The van der Waals surface area contributed by atoms with Gasteiger partial charge in [0.2, 0.25) is 0 Å². The van der Waals surface area contributed by atoms with Gasteiger partial charge in [0, 0.05) is 0 Å². The zero-order valence-corrected chi connectivity index (χ0v) is 8.00. The van der Waals surface area contributed by atoms with Gasteiger partial charge in [-0.1, -0.05) is 0 Å². The quantitative estimate of drug-likeness (QED) is 0.510. The fourth-order valence-electron chi connectivity index (χ4n) is 1.05. The molecule has 0 aromatic rings. The molecule has 0 spiro atoms. The van der Waals surface area contributed by atoms with Crippen LogP contribution in [0.2, 0.25) is 0 Å². The van der Waals surface area contributed by atoms with Crippen LogP contribution in [0, 0.1) is 0 Å². The Bertz CT molecular complexity index is 379. The molecule has 0 aromatic heterocycles. The van der Waals surface area contributed by atoms with Crippen molar-refractivity contribution in [2.24, 2.45) is 0 Å². The van der Waals surface area contributed by atoms with E-state index >= 15 is 0 Å². The average Bonchev–Trinajstić information content (AvgIpc) is 2.06. The molecule has 1 heterocycles. The Kier molecular flexibility index (Phi) is 3.02. The molecule has 3 nitrogen and oxygen atoms in total. The number of rotatable bonds is 0. The molecule has 0 N–H and O–H groups in total. The minimum absolute atomic E-state index is 2.11. The van der Waals surface area contributed by atoms with Gasteiger partial charge in [-0.25, -0.2) is 4.79 Å². The highest BCUT2D eigenvalue weighted by Gasteiger charge is 2.87. The summed E-state index contributed by atoms with van der Waals surface area (Å²) in [5, 5.41) is 0. The van der Waals surface area contributed by atoms with Gasteiger partial charge in [-0.2, -0.15) is 43.9 Å². The van der Waals surface area contributed by atoms with Crippen LogP contribution >= 0.6 is 0 Å². The topological polar surface area (TPSA) is 35.5 Å². The third-order valence-corrected chi connectivity index (χ3v) is 1.93. The lowest BCUT2D eigenvalue weighted by Gasteiger charge is -2.42. The second-order valence-electron chi connectivity index (χ2n) is 3.20. The van der Waals surface area contributed by atoms with Gasteiger partial charge in [-0.05, 0) is 0 Å². The van der Waals surface area contributed by atoms with Crippen molar-refractivity contribution in [3.05, 3.63) is 0 Å². The van der Waals surface area contributed by atoms with Crippen molar-refractivity contribution >= 4 is 5.97 Å². The first-order valence-electron chi connectivity index (χ1n) is 3.91. The van der Waals surface area contributed by atoms with Crippen molar-refractivity contribution in [3.8, 4) is 0 Å². The molecule has 1 aliphatic rings. The largest absolute Gasteiger partial charge is 0.496 e. The molecular weight excluding hydrogens is 310 g/mol. The maximum atomic E-state index is 12.5. The highest BCUT2D eigenvalue weighted by atomic mass is 19.4. The normalized spacial score (nSPS) is 25.9. The highest BCUT2D eigenvalue weighted by Crippen LogP contribution is 2.55. The van der Waals surface area contributed by atoms with Crippen molar-refractivity contribution in [2.45, 2.75) is 30.2 Å². The van der Waals surface area contributed by atoms with Gasteiger partial charge in [0.25, 0.3) is 0 Å². The molecule has 0 radical (unpaired) electrons. The predicted octanol–water partition coefficient (Wildman–Crippen LogP) is 2.61. The average molecular weight is 310 g/mol. The molecule has 13 heteroatoms. The lowest BCUT2D eigenvalue weighted by Crippen LogP contribution is -2.73. The standard InChI is InChI=1S/C6F10O3/c7-3(8,9)2(4(10,11)12)1(17)18-5(13,14)6(15,16)19-2. The second kappa shape index (κ2) is 3.64. The number of hydrogen-bond acceptors (Lipinski definition) is 3. The van der Waals surface area contributed by atoms with Gasteiger partial charge in [-0.15, -0.1) is 0 Å². The molecule has 0 atom stereocenters. The number of carbonyl (C=O) groups is 1. The maximum absolute atomic E-state index is 12.5. The molecule has 1 saturated heterocycles. The summed E-state index contributed by atoms with van der Waals surface area (Å²) in [6.45, 7) is 0. The number of carbonyl (C=O) groups excluding carboxylic acids is 1. The van der Waals surface area contributed by atoms with Crippen molar-refractivity contribution in [1.29, 1.82) is 0 Å². The van der Waals surface area contributed by atoms with Crippen molar-refractivity contribution < 1.29 is 58.2 Å². The molecule has 112 valence electrons. The van der Waals surface area contributed by atoms with Crippen LogP contribution in [0.1, 0.15) is 0 Å². The lowest BCUT2D eigenvalue weighted by atomic mass is 10.0. The number of halogens is 10. The third kappa shape index (κ3) is 1.99. The van der Waals surface area contributed by atoms with E-state index in [1.54, 1.807) is 0 Å². The summed E-state index contributed by atoms with van der Waals surface area (Å²) in [6.07, 6.45) is -25.9. The molecule has 0 saturated carbocycles. The predicted molar refractivity (Wildman–Crippen MR) is 31.9 cm³/mol. The summed E-state index contributed by atoms with van der Waals surface area (Å²) >= 11 is 0. The Morgan fingerprint density at radius 3 is 1.47 bits per heavy atom. The van der Waals surface area contributed by atoms with E-state index in [1.165, 1.54) is 0 Å². The lowest BCUT2D eigenvalue weighted by molar-refractivity contribution is -0.513. The molecular formula is C6F10O3. The van der Waals surface area contributed by atoms with Gasteiger partial charge in [0.15, 0.2) is 0 Å². The SMILES string of the molecule is O=C1OC(F)(F)C(F)(F)OC1(C(F)(F)F)C(F)(F)F. The van der Waals surface area contributed by atoms with Gasteiger partial charge in [0.1, 0.15) is 0 Å². The van der Waals surface area contributed by atoms with Crippen LogP contribution in [0.5, 0.6) is 0 Å². The molecule has 0 bridgehead atoms. The van der Waals surface area contributed by atoms with Gasteiger partial charge in [0.05, 0.1) is 0 Å². The van der Waals surface area contributed by atoms with Crippen LogP contribution in [0.15, 0.2) is 0 Å². The summed E-state index contributed by atoms with van der Waals surface area (Å²) < 4.78 is 127. The molecule has 1 fully saturated rings. The van der Waals surface area contributed by atoms with Gasteiger partial charge < -0.3 is 4.74 Å². The Morgan fingerprint density at radius 1 is 0.789 bits per heavy atom. The first-order valence-corrected chi connectivity index (χ1v) is 3.91. The Labute approximate surface area is 95.6 Å². The van der Waals surface area contributed by atoms with Crippen molar-refractivity contribution in [2.75, 3.05) is 0 Å². The Morgan fingerprint density at radius 2 is 1.16 bits per heavy atom. The minimum atomic E-state index is -6.79. The number of hydrogen-bond donors (Lipinski definition) is 0. The van der Waals surface area contributed by atoms with E-state index in [0.717, 1.165) is 0 Å². The van der Waals surface area contributed by atoms with Crippen LogP contribution in [0.25, 0.3) is 0 Å². The summed E-state index contributed by atoms with van der Waals surface area (Å²) in [7, 11) is 0. The van der Waals surface area contributed by atoms with Crippen LogP contribution in [-0.2, 0) is 14.3 Å². The van der Waals surface area contributed by atoms with E-state index in [9.17, 15) is 48.7 Å².